The number of hydrogen-bond acceptors (Lipinski definition) is 5. The minimum Gasteiger partial charge on any atom is -0.271 e. The van der Waals surface area contributed by atoms with Crippen LogP contribution < -0.4 is 11.3 Å². The van der Waals surface area contributed by atoms with Gasteiger partial charge in [0.05, 0.1) is 26.7 Å². The van der Waals surface area contributed by atoms with Gasteiger partial charge in [-0.25, -0.2) is 0 Å². The highest BCUT2D eigenvalue weighted by Crippen LogP contribution is 2.34. The standard InChI is InChI=1S/C14H18Cl2N4S/c1-14(2,3)13-12(21-20-19-13)10(18-17)7-8-5-4-6-9(15)11(8)16/h4-6,10,18H,7,17H2,1-3H3. The number of nitrogens with two attached hydrogens (primary N) is 1. The zero-order valence-corrected chi connectivity index (χ0v) is 14.5. The molecule has 1 aromatic carbocycles. The monoisotopic (exact) mass is 344 g/mol. The average molecular weight is 345 g/mol. The third kappa shape index (κ3) is 3.73. The third-order valence-electron chi connectivity index (χ3n) is 3.20. The van der Waals surface area contributed by atoms with Crippen LogP contribution in [-0.4, -0.2) is 9.59 Å². The Hall–Kier alpha value is -0.720. The van der Waals surface area contributed by atoms with Gasteiger partial charge in [0.1, 0.15) is 0 Å². The lowest BCUT2D eigenvalue weighted by atomic mass is 9.89. The Kier molecular flexibility index (Phi) is 5.22. The van der Waals surface area contributed by atoms with Gasteiger partial charge in [-0.05, 0) is 29.6 Å². The number of aromatic nitrogens is 2. The Labute approximate surface area is 138 Å². The molecule has 7 heteroatoms. The number of benzene rings is 1. The SMILES string of the molecule is CC(C)(C)c1nnsc1C(Cc1cccc(Cl)c1Cl)NN. The molecule has 0 amide bonds. The van der Waals surface area contributed by atoms with Gasteiger partial charge in [0, 0.05) is 5.41 Å². The normalized spacial score (nSPS) is 13.4. The molecular weight excluding hydrogens is 327 g/mol. The van der Waals surface area contributed by atoms with Gasteiger partial charge in [0.25, 0.3) is 0 Å². The molecule has 0 bridgehead atoms. The fraction of sp³-hybridized carbons (Fsp3) is 0.429. The largest absolute Gasteiger partial charge is 0.271 e. The number of hydrazine groups is 1. The summed E-state index contributed by atoms with van der Waals surface area (Å²) in [6, 6.07) is 5.50. The van der Waals surface area contributed by atoms with Crippen LogP contribution in [0.5, 0.6) is 0 Å². The Morgan fingerprint density at radius 1 is 1.33 bits per heavy atom. The van der Waals surface area contributed by atoms with E-state index in [1.165, 1.54) is 11.5 Å². The molecule has 1 atom stereocenters. The van der Waals surface area contributed by atoms with Gasteiger partial charge in [-0.2, -0.15) is 0 Å². The Bertz CT molecular complexity index is 622. The van der Waals surface area contributed by atoms with E-state index in [0.717, 1.165) is 16.1 Å². The fourth-order valence-corrected chi connectivity index (χ4v) is 3.42. The first-order valence-electron chi connectivity index (χ1n) is 6.56. The van der Waals surface area contributed by atoms with Crippen LogP contribution in [0.3, 0.4) is 0 Å². The third-order valence-corrected chi connectivity index (χ3v) is 4.89. The van der Waals surface area contributed by atoms with Crippen molar-refractivity contribution >= 4 is 34.7 Å². The van der Waals surface area contributed by atoms with E-state index in [4.69, 9.17) is 29.0 Å². The highest BCUT2D eigenvalue weighted by molar-refractivity contribution is 7.05. The first kappa shape index (κ1) is 16.6. The van der Waals surface area contributed by atoms with Gasteiger partial charge >= 0.3 is 0 Å². The summed E-state index contributed by atoms with van der Waals surface area (Å²) < 4.78 is 4.08. The van der Waals surface area contributed by atoms with Crippen molar-refractivity contribution in [1.29, 1.82) is 0 Å². The number of nitrogens with one attached hydrogen (secondary N) is 1. The average Bonchev–Trinajstić information content (AvgIpc) is 2.89. The summed E-state index contributed by atoms with van der Waals surface area (Å²) in [7, 11) is 0. The quantitative estimate of drug-likeness (QED) is 0.652. The molecule has 0 spiro atoms. The van der Waals surface area contributed by atoms with Gasteiger partial charge in [0.2, 0.25) is 0 Å². The summed E-state index contributed by atoms with van der Waals surface area (Å²) in [5, 5.41) is 5.36. The van der Waals surface area contributed by atoms with E-state index >= 15 is 0 Å². The van der Waals surface area contributed by atoms with E-state index in [1.54, 1.807) is 6.07 Å². The molecule has 0 saturated heterocycles. The van der Waals surface area contributed by atoms with Crippen LogP contribution in [0.1, 0.15) is 42.9 Å². The number of hydrogen-bond donors (Lipinski definition) is 2. The van der Waals surface area contributed by atoms with Crippen molar-refractivity contribution in [2.45, 2.75) is 38.6 Å². The molecule has 4 nitrogen and oxygen atoms in total. The van der Waals surface area contributed by atoms with Gasteiger partial charge in [-0.3, -0.25) is 11.3 Å². The van der Waals surface area contributed by atoms with Gasteiger partial charge < -0.3 is 0 Å². The molecule has 0 aliphatic rings. The van der Waals surface area contributed by atoms with Gasteiger partial charge in [-0.15, -0.1) is 5.10 Å². The molecule has 0 aliphatic carbocycles. The maximum atomic E-state index is 6.26. The van der Waals surface area contributed by atoms with Crippen molar-refractivity contribution < 1.29 is 0 Å². The smallest absolute Gasteiger partial charge is 0.0857 e. The van der Waals surface area contributed by atoms with Crippen LogP contribution in [0, 0.1) is 0 Å². The van der Waals surface area contributed by atoms with E-state index in [0.29, 0.717) is 16.5 Å². The van der Waals surface area contributed by atoms with Crippen molar-refractivity contribution in [2.24, 2.45) is 5.84 Å². The van der Waals surface area contributed by atoms with Crippen molar-refractivity contribution in [2.75, 3.05) is 0 Å². The zero-order chi connectivity index (χ0) is 15.6. The van der Waals surface area contributed by atoms with Crippen LogP contribution in [0.15, 0.2) is 18.2 Å². The van der Waals surface area contributed by atoms with Crippen molar-refractivity contribution in [3.05, 3.63) is 44.4 Å². The second kappa shape index (κ2) is 6.58. The van der Waals surface area contributed by atoms with E-state index in [2.05, 4.69) is 35.8 Å². The van der Waals surface area contributed by atoms with Crippen LogP contribution in [0.25, 0.3) is 0 Å². The summed E-state index contributed by atoms with van der Waals surface area (Å²) in [5.41, 5.74) is 4.65. The van der Waals surface area contributed by atoms with Crippen LogP contribution >= 0.6 is 34.7 Å². The number of nitrogens with zero attached hydrogens (tertiary/aromatic N) is 2. The predicted octanol–water partition coefficient (Wildman–Crippen LogP) is 3.89. The second-order valence-electron chi connectivity index (χ2n) is 5.87. The first-order chi connectivity index (χ1) is 9.84. The van der Waals surface area contributed by atoms with Crippen LogP contribution in [0.2, 0.25) is 10.0 Å². The lowest BCUT2D eigenvalue weighted by Gasteiger charge is -2.21. The fourth-order valence-electron chi connectivity index (χ4n) is 2.10. The van der Waals surface area contributed by atoms with Crippen molar-refractivity contribution in [3.63, 3.8) is 0 Å². The van der Waals surface area contributed by atoms with Gasteiger partial charge in [0.15, 0.2) is 0 Å². The van der Waals surface area contributed by atoms with E-state index in [-0.39, 0.29) is 11.5 Å². The highest BCUT2D eigenvalue weighted by atomic mass is 35.5. The molecule has 1 aromatic heterocycles. The molecule has 0 radical (unpaired) electrons. The summed E-state index contributed by atoms with van der Waals surface area (Å²) in [5.74, 6) is 5.74. The molecule has 1 unspecified atom stereocenters. The highest BCUT2D eigenvalue weighted by Gasteiger charge is 2.27. The molecule has 2 rings (SSSR count). The van der Waals surface area contributed by atoms with Gasteiger partial charge in [-0.1, -0.05) is 60.6 Å². The zero-order valence-electron chi connectivity index (χ0n) is 12.2. The summed E-state index contributed by atoms with van der Waals surface area (Å²) in [6.07, 6.45) is 0.628. The molecule has 0 saturated carbocycles. The molecule has 21 heavy (non-hydrogen) atoms. The topological polar surface area (TPSA) is 63.8 Å². The maximum Gasteiger partial charge on any atom is 0.0857 e. The lowest BCUT2D eigenvalue weighted by molar-refractivity contribution is 0.515. The predicted molar refractivity (Wildman–Crippen MR) is 88.8 cm³/mol. The first-order valence-corrected chi connectivity index (χ1v) is 8.09. The van der Waals surface area contributed by atoms with E-state index < -0.39 is 0 Å². The molecule has 0 aliphatic heterocycles. The molecular formula is C14H18Cl2N4S. The molecule has 0 fully saturated rings. The molecule has 2 aromatic rings. The number of rotatable bonds is 4. The Morgan fingerprint density at radius 3 is 2.67 bits per heavy atom. The number of halogens is 2. The van der Waals surface area contributed by atoms with E-state index in [1.807, 2.05) is 12.1 Å². The molecule has 1 heterocycles. The second-order valence-corrected chi connectivity index (χ2v) is 7.44. The van der Waals surface area contributed by atoms with Crippen molar-refractivity contribution in [3.8, 4) is 0 Å². The Morgan fingerprint density at radius 2 is 2.05 bits per heavy atom. The maximum absolute atomic E-state index is 6.26. The Balaban J connectivity index is 2.33. The summed E-state index contributed by atoms with van der Waals surface area (Å²) in [6.45, 7) is 6.31. The van der Waals surface area contributed by atoms with Crippen LogP contribution in [-0.2, 0) is 11.8 Å². The minimum atomic E-state index is -0.102. The van der Waals surface area contributed by atoms with Crippen LogP contribution in [0.4, 0.5) is 0 Å². The van der Waals surface area contributed by atoms with Crippen molar-refractivity contribution in [1.82, 2.24) is 15.0 Å². The lowest BCUT2D eigenvalue weighted by Crippen LogP contribution is -2.31. The van der Waals surface area contributed by atoms with E-state index in [9.17, 15) is 0 Å². The summed E-state index contributed by atoms with van der Waals surface area (Å²) in [4.78, 5) is 1.03. The molecule has 3 N–H and O–H groups in total. The molecule has 114 valence electrons. The summed E-state index contributed by atoms with van der Waals surface area (Å²) >= 11 is 13.7. The minimum absolute atomic E-state index is 0.0877.